The Morgan fingerprint density at radius 3 is 2.53 bits per heavy atom. The molecule has 0 bridgehead atoms. The number of nitrogens with one attached hydrogen (secondary N) is 2. The predicted molar refractivity (Wildman–Crippen MR) is 159 cm³/mol. The minimum absolute atomic E-state index is 0.221. The van der Waals surface area contributed by atoms with Gasteiger partial charge < -0.3 is 15.5 Å². The van der Waals surface area contributed by atoms with Crippen molar-refractivity contribution in [2.45, 2.75) is 56.4 Å². The lowest BCUT2D eigenvalue weighted by Crippen LogP contribution is -2.31. The van der Waals surface area contributed by atoms with E-state index in [-0.39, 0.29) is 11.3 Å². The normalized spacial score (nSPS) is 19.2. The molecule has 2 N–H and O–H groups in total. The van der Waals surface area contributed by atoms with Crippen LogP contribution in [0.25, 0.3) is 22.6 Å². The fraction of sp³-hybridized carbons (Fsp3) is 0.464. The van der Waals surface area contributed by atoms with Crippen LogP contribution in [0.4, 0.5) is 26.1 Å². The highest BCUT2D eigenvalue weighted by atomic mass is 32.2. The van der Waals surface area contributed by atoms with Crippen molar-refractivity contribution in [3.05, 3.63) is 49.2 Å². The van der Waals surface area contributed by atoms with E-state index >= 15 is 0 Å². The van der Waals surface area contributed by atoms with Crippen LogP contribution >= 0.6 is 0 Å². The van der Waals surface area contributed by atoms with E-state index in [0.29, 0.717) is 57.7 Å². The van der Waals surface area contributed by atoms with E-state index in [1.165, 1.54) is 18.6 Å². The Labute approximate surface area is 248 Å². The lowest BCUT2D eigenvalue weighted by Gasteiger charge is -2.31. The third kappa shape index (κ3) is 6.67. The standard InChI is InChI=1S/C28H34F2N10O2S/c1-38(2)16-18-3-5-20(6-4-18)34-24-13-26(32-15-22(24)23-10-12-39(37-23)28(29)30)35-25-9-11-31-27(36-25)19-14-33-40(17-19)43(41,42)21-7-8-21/h9-15,17-18,20-21,28H,3-8,16H2,1-2H3,(H2,31,32,34,35,36). The van der Waals surface area contributed by atoms with Gasteiger partial charge in [0.15, 0.2) is 5.82 Å². The summed E-state index contributed by atoms with van der Waals surface area (Å²) in [6.07, 6.45) is 12.7. The zero-order valence-electron chi connectivity index (χ0n) is 23.9. The van der Waals surface area contributed by atoms with Crippen LogP contribution in [0.1, 0.15) is 45.1 Å². The Kier molecular flexibility index (Phi) is 8.09. The first-order valence-electron chi connectivity index (χ1n) is 14.3. The highest BCUT2D eigenvalue weighted by Crippen LogP contribution is 2.34. The van der Waals surface area contributed by atoms with Gasteiger partial charge in [0.2, 0.25) is 0 Å². The van der Waals surface area contributed by atoms with Gasteiger partial charge in [0.25, 0.3) is 10.0 Å². The summed E-state index contributed by atoms with van der Waals surface area (Å²) in [6, 6.07) is 5.27. The van der Waals surface area contributed by atoms with Crippen LogP contribution in [0.3, 0.4) is 0 Å². The van der Waals surface area contributed by atoms with Crippen molar-refractivity contribution in [1.82, 2.24) is 38.8 Å². The van der Waals surface area contributed by atoms with Gasteiger partial charge in [-0.1, -0.05) is 0 Å². The molecule has 0 radical (unpaired) electrons. The van der Waals surface area contributed by atoms with Crippen molar-refractivity contribution < 1.29 is 17.2 Å². The van der Waals surface area contributed by atoms with Gasteiger partial charge in [-0.15, -0.1) is 0 Å². The molecule has 2 aliphatic carbocycles. The number of anilines is 3. The van der Waals surface area contributed by atoms with E-state index in [0.717, 1.165) is 42.0 Å². The maximum atomic E-state index is 13.3. The summed E-state index contributed by atoms with van der Waals surface area (Å²) in [5.74, 6) is 1.89. The summed E-state index contributed by atoms with van der Waals surface area (Å²) in [7, 11) is 0.681. The Bertz CT molecular complexity index is 1680. The van der Waals surface area contributed by atoms with Crippen molar-refractivity contribution in [2.24, 2.45) is 5.92 Å². The molecule has 0 unspecified atom stereocenters. The highest BCUT2D eigenvalue weighted by Gasteiger charge is 2.37. The van der Waals surface area contributed by atoms with Gasteiger partial charge in [-0.3, -0.25) is 0 Å². The molecule has 0 aliphatic heterocycles. The van der Waals surface area contributed by atoms with Crippen LogP contribution in [0.5, 0.6) is 0 Å². The topological polar surface area (TPSA) is 136 Å². The first kappa shape index (κ1) is 29.1. The predicted octanol–water partition coefficient (Wildman–Crippen LogP) is 4.61. The van der Waals surface area contributed by atoms with E-state index in [2.05, 4.69) is 54.8 Å². The summed E-state index contributed by atoms with van der Waals surface area (Å²) in [5, 5.41) is 14.5. The number of pyridine rings is 1. The highest BCUT2D eigenvalue weighted by molar-refractivity contribution is 7.90. The zero-order chi connectivity index (χ0) is 30.1. The summed E-state index contributed by atoms with van der Waals surface area (Å²) in [6.45, 7) is -1.68. The number of aromatic nitrogens is 7. The number of hydrogen-bond donors (Lipinski definition) is 2. The minimum atomic E-state index is -3.50. The van der Waals surface area contributed by atoms with E-state index in [1.54, 1.807) is 24.5 Å². The molecule has 0 atom stereocenters. The average Bonchev–Trinajstić information content (AvgIpc) is 3.51. The SMILES string of the molecule is CN(C)CC1CCC(Nc2cc(Nc3ccnc(-c4cnn(S(=O)(=O)C5CC5)c4)n3)ncc2-c2ccn(C(F)F)n2)CC1. The van der Waals surface area contributed by atoms with Gasteiger partial charge in [-0.05, 0) is 70.7 Å². The second-order valence-corrected chi connectivity index (χ2v) is 13.5. The summed E-state index contributed by atoms with van der Waals surface area (Å²) < 4.78 is 53.2. The Balaban J connectivity index is 1.23. The van der Waals surface area contributed by atoms with Gasteiger partial charge in [-0.25, -0.2) is 28.1 Å². The number of halogens is 2. The molecule has 0 spiro atoms. The third-order valence-electron chi connectivity index (χ3n) is 7.75. The molecule has 2 aliphatic rings. The smallest absolute Gasteiger partial charge is 0.333 e. The van der Waals surface area contributed by atoms with Crippen LogP contribution in [-0.2, 0) is 10.0 Å². The van der Waals surface area contributed by atoms with E-state index in [4.69, 9.17) is 0 Å². The molecule has 15 heteroatoms. The van der Waals surface area contributed by atoms with Crippen LogP contribution in [0, 0.1) is 5.92 Å². The van der Waals surface area contributed by atoms with Gasteiger partial charge >= 0.3 is 6.55 Å². The van der Waals surface area contributed by atoms with E-state index < -0.39 is 16.6 Å². The number of rotatable bonds is 11. The van der Waals surface area contributed by atoms with Crippen LogP contribution < -0.4 is 10.6 Å². The zero-order valence-corrected chi connectivity index (χ0v) is 24.8. The molecule has 0 saturated heterocycles. The molecule has 2 saturated carbocycles. The Morgan fingerprint density at radius 2 is 1.84 bits per heavy atom. The number of alkyl halides is 2. The van der Waals surface area contributed by atoms with E-state index in [9.17, 15) is 17.2 Å². The van der Waals surface area contributed by atoms with Gasteiger partial charge in [0.05, 0.1) is 28.9 Å². The molecule has 12 nitrogen and oxygen atoms in total. The molecule has 0 amide bonds. The van der Waals surface area contributed by atoms with Crippen LogP contribution in [0.2, 0.25) is 0 Å². The van der Waals surface area contributed by atoms with Crippen molar-refractivity contribution in [3.63, 3.8) is 0 Å². The molecule has 228 valence electrons. The second kappa shape index (κ2) is 12.0. The van der Waals surface area contributed by atoms with Gasteiger partial charge in [-0.2, -0.15) is 23.1 Å². The maximum Gasteiger partial charge on any atom is 0.333 e. The quantitative estimate of drug-likeness (QED) is 0.247. The lowest BCUT2D eigenvalue weighted by atomic mass is 9.85. The maximum absolute atomic E-state index is 13.3. The van der Waals surface area contributed by atoms with Crippen LogP contribution in [0.15, 0.2) is 49.2 Å². The van der Waals surface area contributed by atoms with Crippen LogP contribution in [-0.4, -0.2) is 79.2 Å². The first-order valence-corrected chi connectivity index (χ1v) is 15.8. The molecule has 6 rings (SSSR count). The molecule has 4 heterocycles. The number of nitrogens with zero attached hydrogens (tertiary/aromatic N) is 8. The summed E-state index contributed by atoms with van der Waals surface area (Å²) in [5.41, 5.74) is 2.21. The average molecular weight is 613 g/mol. The lowest BCUT2D eigenvalue weighted by molar-refractivity contribution is 0.0568. The van der Waals surface area contributed by atoms with E-state index in [1.807, 2.05) is 6.07 Å². The minimum Gasteiger partial charge on any atom is -0.382 e. The Hall–Kier alpha value is -3.98. The fourth-order valence-corrected chi connectivity index (χ4v) is 6.92. The second-order valence-electron chi connectivity index (χ2n) is 11.4. The molecule has 0 aromatic carbocycles. The molecule has 43 heavy (non-hydrogen) atoms. The van der Waals surface area contributed by atoms with Gasteiger partial charge in [0, 0.05) is 48.5 Å². The number of hydrogen-bond acceptors (Lipinski definition) is 10. The summed E-state index contributed by atoms with van der Waals surface area (Å²) in [4.78, 5) is 15.6. The molecular weight excluding hydrogens is 578 g/mol. The molecular formula is C28H34F2N10O2S. The fourth-order valence-electron chi connectivity index (χ4n) is 5.44. The molecule has 2 fully saturated rings. The van der Waals surface area contributed by atoms with Crippen molar-refractivity contribution in [1.29, 1.82) is 0 Å². The van der Waals surface area contributed by atoms with Crippen molar-refractivity contribution in [2.75, 3.05) is 31.3 Å². The summed E-state index contributed by atoms with van der Waals surface area (Å²) >= 11 is 0. The molecule has 4 aromatic rings. The largest absolute Gasteiger partial charge is 0.382 e. The molecule has 4 aromatic heterocycles. The van der Waals surface area contributed by atoms with Crippen molar-refractivity contribution >= 4 is 27.3 Å². The third-order valence-corrected chi connectivity index (χ3v) is 9.79. The Morgan fingerprint density at radius 1 is 1.05 bits per heavy atom. The van der Waals surface area contributed by atoms with Crippen molar-refractivity contribution in [3.8, 4) is 22.6 Å². The van der Waals surface area contributed by atoms with Gasteiger partial charge in [0.1, 0.15) is 11.6 Å². The monoisotopic (exact) mass is 612 g/mol. The first-order chi connectivity index (χ1) is 20.7.